The summed E-state index contributed by atoms with van der Waals surface area (Å²) >= 11 is 1.41. The number of ether oxygens (including phenoxy) is 1. The highest BCUT2D eigenvalue weighted by Crippen LogP contribution is 2.32. The van der Waals surface area contributed by atoms with Crippen LogP contribution in [0.25, 0.3) is 16.8 Å². The van der Waals surface area contributed by atoms with Crippen LogP contribution >= 0.6 is 11.3 Å². The summed E-state index contributed by atoms with van der Waals surface area (Å²) in [5.74, 6) is 0.805. The molecule has 0 saturated carbocycles. The van der Waals surface area contributed by atoms with Gasteiger partial charge in [-0.2, -0.15) is 14.7 Å². The monoisotopic (exact) mass is 481 g/mol. The molecule has 1 unspecified atom stereocenters. The SMILES string of the molecule is Cn1cc(-c2cnn3c(Nc4nncs4)cc(C4CCCN(C(=O)OC(C)(C)C)C4)nc23)cn1. The number of carbonyl (C=O) groups is 1. The van der Waals surface area contributed by atoms with E-state index < -0.39 is 5.60 Å². The lowest BCUT2D eigenvalue weighted by Gasteiger charge is -2.34. The Bertz CT molecular complexity index is 1310. The van der Waals surface area contributed by atoms with Gasteiger partial charge in [-0.25, -0.2) is 9.78 Å². The largest absolute Gasteiger partial charge is 0.444 e. The zero-order chi connectivity index (χ0) is 23.9. The van der Waals surface area contributed by atoms with E-state index in [1.807, 2.05) is 40.1 Å². The van der Waals surface area contributed by atoms with E-state index in [0.717, 1.165) is 35.5 Å². The maximum atomic E-state index is 12.7. The molecule has 0 radical (unpaired) electrons. The number of anilines is 2. The Morgan fingerprint density at radius 3 is 2.82 bits per heavy atom. The molecule has 12 heteroatoms. The number of likely N-dealkylation sites (tertiary alicyclic amines) is 1. The Kier molecular flexibility index (Phi) is 5.68. The number of nitrogens with one attached hydrogen (secondary N) is 1. The fraction of sp³-hybridized carbons (Fsp3) is 0.455. The van der Waals surface area contributed by atoms with Crippen molar-refractivity contribution in [1.82, 2.24) is 39.5 Å². The van der Waals surface area contributed by atoms with Crippen LogP contribution in [0, 0.1) is 0 Å². The first-order chi connectivity index (χ1) is 16.3. The number of rotatable bonds is 4. The van der Waals surface area contributed by atoms with Crippen molar-refractivity contribution < 1.29 is 9.53 Å². The van der Waals surface area contributed by atoms with Crippen molar-refractivity contribution in [3.63, 3.8) is 0 Å². The van der Waals surface area contributed by atoms with Crippen LogP contribution in [0.1, 0.15) is 45.2 Å². The van der Waals surface area contributed by atoms with Gasteiger partial charge in [0.15, 0.2) is 5.65 Å². The standard InChI is InChI=1S/C22H27N9O2S/c1-22(2,3)33-21(32)30-7-5-6-14(12-30)17-8-18(27-20-28-23-13-34-20)31-19(26-17)16(10-25-31)15-9-24-29(4)11-15/h8-11,13-14H,5-7,12H2,1-4H3,(H,27,28). The van der Waals surface area contributed by atoms with Crippen molar-refractivity contribution in [1.29, 1.82) is 0 Å². The van der Waals surface area contributed by atoms with Gasteiger partial charge >= 0.3 is 6.09 Å². The second-order valence-corrected chi connectivity index (χ2v) is 10.2. The van der Waals surface area contributed by atoms with Crippen molar-refractivity contribution in [2.45, 2.75) is 45.1 Å². The van der Waals surface area contributed by atoms with Crippen molar-refractivity contribution >= 4 is 34.0 Å². The number of piperidine rings is 1. The summed E-state index contributed by atoms with van der Waals surface area (Å²) in [5, 5.41) is 20.9. The molecule has 1 N–H and O–H groups in total. The number of aryl methyl sites for hydroxylation is 1. The molecule has 1 saturated heterocycles. The number of hydrogen-bond acceptors (Lipinski definition) is 9. The van der Waals surface area contributed by atoms with Gasteiger partial charge in [0.25, 0.3) is 0 Å². The molecule has 0 bridgehead atoms. The minimum atomic E-state index is -0.532. The van der Waals surface area contributed by atoms with E-state index >= 15 is 0 Å². The van der Waals surface area contributed by atoms with Crippen LogP contribution in [0.2, 0.25) is 0 Å². The fourth-order valence-electron chi connectivity index (χ4n) is 4.09. The van der Waals surface area contributed by atoms with Gasteiger partial charge in [0, 0.05) is 49.4 Å². The molecule has 178 valence electrons. The zero-order valence-electron chi connectivity index (χ0n) is 19.6. The van der Waals surface area contributed by atoms with Crippen LogP contribution in [0.3, 0.4) is 0 Å². The lowest BCUT2D eigenvalue weighted by Crippen LogP contribution is -2.42. The summed E-state index contributed by atoms with van der Waals surface area (Å²) in [4.78, 5) is 19.5. The molecular weight excluding hydrogens is 454 g/mol. The van der Waals surface area contributed by atoms with Gasteiger partial charge in [0.05, 0.1) is 18.1 Å². The van der Waals surface area contributed by atoms with Gasteiger partial charge < -0.3 is 15.0 Å². The van der Waals surface area contributed by atoms with Gasteiger partial charge in [-0.15, -0.1) is 10.2 Å². The molecule has 0 aromatic carbocycles. The average molecular weight is 482 g/mol. The maximum Gasteiger partial charge on any atom is 0.410 e. The highest BCUT2D eigenvalue weighted by Gasteiger charge is 2.30. The predicted octanol–water partition coefficient (Wildman–Crippen LogP) is 3.84. The Balaban J connectivity index is 1.53. The van der Waals surface area contributed by atoms with Gasteiger partial charge in [-0.1, -0.05) is 11.3 Å². The summed E-state index contributed by atoms with van der Waals surface area (Å²) in [6.07, 6.45) is 7.05. The molecule has 5 heterocycles. The highest BCUT2D eigenvalue weighted by molar-refractivity contribution is 7.13. The molecular formula is C22H27N9O2S. The van der Waals surface area contributed by atoms with Crippen molar-refractivity contribution in [3.05, 3.63) is 35.9 Å². The minimum absolute atomic E-state index is 0.0675. The number of hydrogen-bond donors (Lipinski definition) is 1. The molecule has 1 aliphatic heterocycles. The fourth-order valence-corrected chi connectivity index (χ4v) is 4.54. The molecule has 0 spiro atoms. The van der Waals surface area contributed by atoms with E-state index in [9.17, 15) is 4.79 Å². The van der Waals surface area contributed by atoms with Crippen LogP contribution in [-0.2, 0) is 11.8 Å². The van der Waals surface area contributed by atoms with E-state index in [0.29, 0.717) is 23.9 Å². The average Bonchev–Trinajstić information content (AvgIpc) is 3.53. The van der Waals surface area contributed by atoms with E-state index in [1.54, 1.807) is 32.0 Å². The Labute approximate surface area is 200 Å². The second-order valence-electron chi connectivity index (χ2n) is 9.40. The number of aromatic nitrogens is 7. The lowest BCUT2D eigenvalue weighted by atomic mass is 9.94. The molecule has 0 aliphatic carbocycles. The van der Waals surface area contributed by atoms with Crippen LogP contribution < -0.4 is 5.32 Å². The Morgan fingerprint density at radius 1 is 1.26 bits per heavy atom. The first-order valence-electron chi connectivity index (χ1n) is 11.2. The normalized spacial score (nSPS) is 16.7. The van der Waals surface area contributed by atoms with Crippen LogP contribution in [0.4, 0.5) is 15.7 Å². The molecule has 34 heavy (non-hydrogen) atoms. The van der Waals surface area contributed by atoms with Crippen LogP contribution in [0.5, 0.6) is 0 Å². The number of fused-ring (bicyclic) bond motifs is 1. The summed E-state index contributed by atoms with van der Waals surface area (Å²) in [6, 6.07) is 1.98. The third-order valence-electron chi connectivity index (χ3n) is 5.59. The van der Waals surface area contributed by atoms with Gasteiger partial charge in [-0.05, 0) is 33.6 Å². The van der Waals surface area contributed by atoms with Crippen LogP contribution in [0.15, 0.2) is 30.2 Å². The summed E-state index contributed by atoms with van der Waals surface area (Å²) in [7, 11) is 1.88. The van der Waals surface area contributed by atoms with Gasteiger partial charge in [0.1, 0.15) is 16.9 Å². The lowest BCUT2D eigenvalue weighted by molar-refractivity contribution is 0.0197. The third kappa shape index (κ3) is 4.58. The van der Waals surface area contributed by atoms with E-state index in [1.165, 1.54) is 11.3 Å². The molecule has 1 amide bonds. The molecule has 1 atom stereocenters. The topological polar surface area (TPSA) is 115 Å². The highest BCUT2D eigenvalue weighted by atomic mass is 32.1. The second kappa shape index (κ2) is 8.67. The van der Waals surface area contributed by atoms with Crippen molar-refractivity contribution in [2.75, 3.05) is 18.4 Å². The number of carbonyl (C=O) groups excluding carboxylic acids is 1. The van der Waals surface area contributed by atoms with E-state index in [-0.39, 0.29) is 12.0 Å². The van der Waals surface area contributed by atoms with E-state index in [4.69, 9.17) is 9.72 Å². The first kappa shape index (κ1) is 22.3. The molecule has 5 rings (SSSR count). The van der Waals surface area contributed by atoms with Crippen molar-refractivity contribution in [3.8, 4) is 11.1 Å². The predicted molar refractivity (Wildman–Crippen MR) is 128 cm³/mol. The molecule has 4 aromatic rings. The van der Waals surface area contributed by atoms with Crippen LogP contribution in [-0.4, -0.2) is 64.3 Å². The number of amides is 1. The Morgan fingerprint density at radius 2 is 2.12 bits per heavy atom. The first-order valence-corrected chi connectivity index (χ1v) is 12.0. The Hall–Kier alpha value is -3.54. The minimum Gasteiger partial charge on any atom is -0.444 e. The molecule has 1 aliphatic rings. The quantitative estimate of drug-likeness (QED) is 0.467. The summed E-state index contributed by atoms with van der Waals surface area (Å²) in [5.41, 5.74) is 4.56. The summed E-state index contributed by atoms with van der Waals surface area (Å²) in [6.45, 7) is 6.87. The van der Waals surface area contributed by atoms with Gasteiger partial charge in [0.2, 0.25) is 5.13 Å². The number of nitrogens with zero attached hydrogens (tertiary/aromatic N) is 8. The van der Waals surface area contributed by atoms with E-state index in [2.05, 4.69) is 25.7 Å². The molecule has 4 aromatic heterocycles. The molecule has 11 nitrogen and oxygen atoms in total. The molecule has 1 fully saturated rings. The summed E-state index contributed by atoms with van der Waals surface area (Å²) < 4.78 is 9.13. The smallest absolute Gasteiger partial charge is 0.410 e. The van der Waals surface area contributed by atoms with Crippen molar-refractivity contribution in [2.24, 2.45) is 7.05 Å². The zero-order valence-corrected chi connectivity index (χ0v) is 20.4. The third-order valence-corrected chi connectivity index (χ3v) is 6.20. The van der Waals surface area contributed by atoms with Gasteiger partial charge in [-0.3, -0.25) is 4.68 Å². The maximum absolute atomic E-state index is 12.7.